The van der Waals surface area contributed by atoms with Gasteiger partial charge in [0.25, 0.3) is 5.91 Å². The van der Waals surface area contributed by atoms with Gasteiger partial charge in [0.2, 0.25) is 0 Å². The largest absolute Gasteiger partial charge is 0.377 e. The Morgan fingerprint density at radius 2 is 1.92 bits per heavy atom. The maximum absolute atomic E-state index is 13.1. The first-order valence-corrected chi connectivity index (χ1v) is 11.4. The molecule has 2 saturated heterocycles. The lowest BCUT2D eigenvalue weighted by atomic mass is 10.00. The van der Waals surface area contributed by atoms with E-state index >= 15 is 0 Å². The molecule has 3 aliphatic rings. The van der Waals surface area contributed by atoms with Crippen LogP contribution in [-0.2, 0) is 17.6 Å². The fourth-order valence-corrected chi connectivity index (χ4v) is 5.76. The second-order valence-corrected chi connectivity index (χ2v) is 9.19. The van der Waals surface area contributed by atoms with Crippen molar-refractivity contribution in [1.29, 1.82) is 0 Å². The van der Waals surface area contributed by atoms with Crippen molar-refractivity contribution in [1.82, 2.24) is 9.80 Å². The molecule has 1 aromatic heterocycles. The third-order valence-corrected chi connectivity index (χ3v) is 7.29. The zero-order chi connectivity index (χ0) is 17.8. The van der Waals surface area contributed by atoms with E-state index in [0.717, 1.165) is 57.0 Å². The third kappa shape index (κ3) is 4.49. The van der Waals surface area contributed by atoms with Crippen LogP contribution in [0.15, 0.2) is 6.07 Å². The number of thiophene rings is 1. The smallest absolute Gasteiger partial charge is 0.263 e. The van der Waals surface area contributed by atoms with Crippen molar-refractivity contribution in [3.63, 3.8) is 0 Å². The molecule has 5 heteroatoms. The van der Waals surface area contributed by atoms with Gasteiger partial charge < -0.3 is 9.64 Å². The fraction of sp³-hybridized carbons (Fsp3) is 0.762. The topological polar surface area (TPSA) is 32.8 Å². The van der Waals surface area contributed by atoms with Crippen LogP contribution in [0.3, 0.4) is 0 Å². The van der Waals surface area contributed by atoms with Crippen LogP contribution in [-0.4, -0.2) is 61.1 Å². The number of aryl methyl sites for hydroxylation is 2. The molecular weight excluding hydrogens is 344 g/mol. The zero-order valence-electron chi connectivity index (χ0n) is 15.9. The van der Waals surface area contributed by atoms with Crippen LogP contribution in [0, 0.1) is 0 Å². The summed E-state index contributed by atoms with van der Waals surface area (Å²) in [4.78, 5) is 20.1. The van der Waals surface area contributed by atoms with Crippen molar-refractivity contribution in [3.05, 3.63) is 21.4 Å². The summed E-state index contributed by atoms with van der Waals surface area (Å²) in [7, 11) is 0. The Morgan fingerprint density at radius 1 is 1.04 bits per heavy atom. The first kappa shape index (κ1) is 18.5. The van der Waals surface area contributed by atoms with Gasteiger partial charge in [-0.25, -0.2) is 0 Å². The Hall–Kier alpha value is -0.910. The van der Waals surface area contributed by atoms with E-state index in [2.05, 4.69) is 15.9 Å². The molecule has 4 rings (SSSR count). The standard InChI is InChI=1S/C21H32N2O2S/c24-21(20-15-17-7-3-1-2-4-9-19(17)26-20)23-11-6-10-22(12-13-23)16-18-8-5-14-25-18/h15,18H,1-14,16H2/t18-/m0/s1. The monoisotopic (exact) mass is 376 g/mol. The highest BCUT2D eigenvalue weighted by Crippen LogP contribution is 2.29. The summed E-state index contributed by atoms with van der Waals surface area (Å²) in [6, 6.07) is 2.21. The minimum absolute atomic E-state index is 0.265. The summed E-state index contributed by atoms with van der Waals surface area (Å²) < 4.78 is 5.79. The molecule has 1 aromatic rings. The Kier molecular flexibility index (Phi) is 6.28. The van der Waals surface area contributed by atoms with Crippen molar-refractivity contribution < 1.29 is 9.53 Å². The minimum Gasteiger partial charge on any atom is -0.377 e. The van der Waals surface area contributed by atoms with E-state index in [0.29, 0.717) is 6.10 Å². The molecule has 0 bridgehead atoms. The fourth-order valence-electron chi connectivity index (χ4n) is 4.54. The number of carbonyl (C=O) groups is 1. The summed E-state index contributed by atoms with van der Waals surface area (Å²) in [6.07, 6.45) is 11.4. The van der Waals surface area contributed by atoms with Crippen LogP contribution in [0.4, 0.5) is 0 Å². The minimum atomic E-state index is 0.265. The maximum atomic E-state index is 13.1. The van der Waals surface area contributed by atoms with E-state index in [4.69, 9.17) is 4.74 Å². The van der Waals surface area contributed by atoms with Crippen molar-refractivity contribution in [2.45, 2.75) is 63.9 Å². The molecule has 144 valence electrons. The van der Waals surface area contributed by atoms with E-state index in [-0.39, 0.29) is 5.91 Å². The highest BCUT2D eigenvalue weighted by molar-refractivity contribution is 7.14. The molecule has 0 spiro atoms. The van der Waals surface area contributed by atoms with Crippen LogP contribution >= 0.6 is 11.3 Å². The summed E-state index contributed by atoms with van der Waals surface area (Å²) in [5.41, 5.74) is 1.45. The number of nitrogens with zero attached hydrogens (tertiary/aromatic N) is 2. The number of carbonyl (C=O) groups excluding carboxylic acids is 1. The highest BCUT2D eigenvalue weighted by Gasteiger charge is 2.25. The summed E-state index contributed by atoms with van der Waals surface area (Å²) in [5.74, 6) is 0.265. The van der Waals surface area contributed by atoms with Crippen molar-refractivity contribution in [3.8, 4) is 0 Å². The van der Waals surface area contributed by atoms with Crippen LogP contribution in [0.1, 0.15) is 65.1 Å². The van der Waals surface area contributed by atoms with Gasteiger partial charge in [-0.2, -0.15) is 0 Å². The molecular formula is C21H32N2O2S. The Bertz CT molecular complexity index is 584. The van der Waals surface area contributed by atoms with Gasteiger partial charge in [0.05, 0.1) is 11.0 Å². The maximum Gasteiger partial charge on any atom is 0.263 e. The summed E-state index contributed by atoms with van der Waals surface area (Å²) in [5, 5.41) is 0. The SMILES string of the molecule is O=C(c1cc2c(s1)CCCCCC2)N1CCCN(C[C@@H]2CCCO2)CC1. The molecule has 2 fully saturated rings. The Balaban J connectivity index is 1.36. The third-order valence-electron chi connectivity index (χ3n) is 6.07. The molecule has 2 aliphatic heterocycles. The van der Waals surface area contributed by atoms with E-state index < -0.39 is 0 Å². The van der Waals surface area contributed by atoms with E-state index in [1.807, 2.05) is 0 Å². The highest BCUT2D eigenvalue weighted by atomic mass is 32.1. The molecule has 0 unspecified atom stereocenters. The summed E-state index contributed by atoms with van der Waals surface area (Å²) >= 11 is 1.77. The molecule has 1 amide bonds. The number of rotatable bonds is 3. The average Bonchev–Trinajstić information content (AvgIpc) is 3.20. The molecule has 26 heavy (non-hydrogen) atoms. The summed E-state index contributed by atoms with van der Waals surface area (Å²) in [6.45, 7) is 5.78. The predicted molar refractivity (Wildman–Crippen MR) is 106 cm³/mol. The number of ether oxygens (including phenoxy) is 1. The molecule has 0 N–H and O–H groups in total. The molecule has 4 nitrogen and oxygen atoms in total. The normalized spacial score (nSPS) is 25.4. The van der Waals surface area contributed by atoms with Crippen LogP contribution in [0.2, 0.25) is 0 Å². The van der Waals surface area contributed by atoms with Gasteiger partial charge in [0.15, 0.2) is 0 Å². The Labute approximate surface area is 161 Å². The quantitative estimate of drug-likeness (QED) is 0.806. The van der Waals surface area contributed by atoms with Gasteiger partial charge >= 0.3 is 0 Å². The number of hydrogen-bond acceptors (Lipinski definition) is 4. The van der Waals surface area contributed by atoms with E-state index in [9.17, 15) is 4.79 Å². The van der Waals surface area contributed by atoms with Crippen LogP contribution in [0.5, 0.6) is 0 Å². The van der Waals surface area contributed by atoms with Crippen LogP contribution in [0.25, 0.3) is 0 Å². The van der Waals surface area contributed by atoms with Gasteiger partial charge in [-0.1, -0.05) is 12.8 Å². The number of amides is 1. The van der Waals surface area contributed by atoms with E-state index in [1.165, 1.54) is 55.4 Å². The average molecular weight is 377 g/mol. The molecule has 0 aromatic carbocycles. The van der Waals surface area contributed by atoms with Gasteiger partial charge in [0.1, 0.15) is 0 Å². The number of hydrogen-bond donors (Lipinski definition) is 0. The lowest BCUT2D eigenvalue weighted by molar-refractivity contribution is 0.0706. The molecule has 3 heterocycles. The molecule has 0 radical (unpaired) electrons. The van der Waals surface area contributed by atoms with Gasteiger partial charge in [-0.3, -0.25) is 9.69 Å². The molecule has 0 saturated carbocycles. The lowest BCUT2D eigenvalue weighted by Gasteiger charge is -2.23. The van der Waals surface area contributed by atoms with Crippen LogP contribution < -0.4 is 0 Å². The van der Waals surface area contributed by atoms with Crippen molar-refractivity contribution in [2.24, 2.45) is 0 Å². The zero-order valence-corrected chi connectivity index (χ0v) is 16.7. The lowest BCUT2D eigenvalue weighted by Crippen LogP contribution is -2.37. The van der Waals surface area contributed by atoms with Gasteiger partial charge in [0, 0.05) is 37.7 Å². The first-order valence-electron chi connectivity index (χ1n) is 10.5. The van der Waals surface area contributed by atoms with Crippen molar-refractivity contribution in [2.75, 3.05) is 39.3 Å². The predicted octanol–water partition coefficient (Wildman–Crippen LogP) is 3.73. The van der Waals surface area contributed by atoms with E-state index in [1.54, 1.807) is 11.3 Å². The van der Waals surface area contributed by atoms with Gasteiger partial charge in [-0.05, 0) is 63.1 Å². The number of fused-ring (bicyclic) bond motifs is 1. The van der Waals surface area contributed by atoms with Gasteiger partial charge in [-0.15, -0.1) is 11.3 Å². The molecule has 1 aliphatic carbocycles. The molecule has 1 atom stereocenters. The first-order chi connectivity index (χ1) is 12.8. The van der Waals surface area contributed by atoms with Crippen molar-refractivity contribution >= 4 is 17.2 Å². The Morgan fingerprint density at radius 3 is 2.77 bits per heavy atom. The second kappa shape index (κ2) is 8.85. The second-order valence-electron chi connectivity index (χ2n) is 8.05.